The van der Waals surface area contributed by atoms with Crippen LogP contribution in [0.4, 0.5) is 0 Å². The fourth-order valence-corrected chi connectivity index (χ4v) is 2.12. The van der Waals surface area contributed by atoms with Crippen LogP contribution >= 0.6 is 0 Å². The largest absolute Gasteiger partial charge is 0.368 e. The molecule has 2 aromatic rings. The molecule has 2 amide bonds. The summed E-state index contributed by atoms with van der Waals surface area (Å²) < 4.78 is 0. The molecule has 4 N–H and O–H groups in total. The monoisotopic (exact) mass is 317 g/mol. The molecule has 0 unspecified atom stereocenters. The van der Waals surface area contributed by atoms with Crippen molar-refractivity contribution in [2.45, 2.75) is 47.1 Å². The van der Waals surface area contributed by atoms with Gasteiger partial charge in [-0.15, -0.1) is 0 Å². The Labute approximate surface area is 137 Å². The van der Waals surface area contributed by atoms with E-state index in [4.69, 9.17) is 5.73 Å². The minimum Gasteiger partial charge on any atom is -0.368 e. The summed E-state index contributed by atoms with van der Waals surface area (Å²) in [4.78, 5) is 26.8. The summed E-state index contributed by atoms with van der Waals surface area (Å²) in [6, 6.07) is 7.11. The van der Waals surface area contributed by atoms with Gasteiger partial charge in [0.2, 0.25) is 11.8 Å². The second-order valence-electron chi connectivity index (χ2n) is 6.24. The second-order valence-corrected chi connectivity index (χ2v) is 6.24. The van der Waals surface area contributed by atoms with Gasteiger partial charge in [-0.2, -0.15) is 0 Å². The van der Waals surface area contributed by atoms with Gasteiger partial charge in [0.15, 0.2) is 0 Å². The number of aromatic nitrogens is 1. The third-order valence-electron chi connectivity index (χ3n) is 3.43. The number of fused-ring (bicyclic) bond motifs is 1. The normalized spacial score (nSPS) is 12.2. The van der Waals surface area contributed by atoms with Crippen LogP contribution < -0.4 is 11.1 Å². The third-order valence-corrected chi connectivity index (χ3v) is 3.43. The molecule has 1 aromatic heterocycles. The summed E-state index contributed by atoms with van der Waals surface area (Å²) in [6.07, 6.45) is 2.23. The van der Waals surface area contributed by atoms with Gasteiger partial charge in [-0.3, -0.25) is 9.59 Å². The van der Waals surface area contributed by atoms with Crippen molar-refractivity contribution in [2.24, 2.45) is 11.1 Å². The van der Waals surface area contributed by atoms with Gasteiger partial charge >= 0.3 is 0 Å². The maximum atomic E-state index is 12.0. The first kappa shape index (κ1) is 18.7. The number of nitrogens with one attached hydrogen (secondary N) is 2. The van der Waals surface area contributed by atoms with E-state index in [2.05, 4.69) is 10.3 Å². The predicted molar refractivity (Wildman–Crippen MR) is 93.9 cm³/mol. The Hall–Kier alpha value is -2.30. The number of amides is 2. The van der Waals surface area contributed by atoms with Gasteiger partial charge in [0.1, 0.15) is 6.04 Å². The van der Waals surface area contributed by atoms with Crippen molar-refractivity contribution < 1.29 is 9.59 Å². The number of carbonyl (C=O) groups excluding carboxylic acids is 2. The van der Waals surface area contributed by atoms with Crippen LogP contribution in [0.1, 0.15) is 40.2 Å². The minimum atomic E-state index is -0.712. The van der Waals surface area contributed by atoms with Crippen LogP contribution in [0.5, 0.6) is 0 Å². The molecule has 5 nitrogen and oxygen atoms in total. The number of H-pyrrole nitrogens is 1. The van der Waals surface area contributed by atoms with Gasteiger partial charge in [-0.05, 0) is 11.6 Å². The molecule has 0 aliphatic carbocycles. The molecule has 0 spiro atoms. The zero-order chi connectivity index (χ0) is 17.6. The number of hydrogen-bond acceptors (Lipinski definition) is 2. The highest BCUT2D eigenvalue weighted by Gasteiger charge is 2.27. The molecule has 0 radical (unpaired) electrons. The number of rotatable bonds is 4. The summed E-state index contributed by atoms with van der Waals surface area (Å²) in [7, 11) is 0. The average molecular weight is 317 g/mol. The highest BCUT2D eigenvalue weighted by atomic mass is 16.2. The van der Waals surface area contributed by atoms with Crippen LogP contribution in [-0.2, 0) is 16.0 Å². The lowest BCUT2D eigenvalue weighted by Crippen LogP contribution is -2.49. The van der Waals surface area contributed by atoms with E-state index in [1.165, 1.54) is 0 Å². The maximum absolute atomic E-state index is 12.0. The SMILES string of the molecule is CC.CC(C)(C)C(=O)N[C@H](Cc1c[nH]c2ccccc12)C(N)=O. The Kier molecular flexibility index (Phi) is 6.37. The molecule has 0 saturated heterocycles. The van der Waals surface area contributed by atoms with Gasteiger partial charge in [-0.1, -0.05) is 52.8 Å². The highest BCUT2D eigenvalue weighted by Crippen LogP contribution is 2.20. The Balaban J connectivity index is 0.00000127. The average Bonchev–Trinajstić information content (AvgIpc) is 2.91. The van der Waals surface area contributed by atoms with Crippen LogP contribution in [0.15, 0.2) is 30.5 Å². The van der Waals surface area contributed by atoms with Crippen LogP contribution in [0.25, 0.3) is 10.9 Å². The van der Waals surface area contributed by atoms with Crippen molar-refractivity contribution in [1.29, 1.82) is 0 Å². The lowest BCUT2D eigenvalue weighted by Gasteiger charge is -2.22. The fourth-order valence-electron chi connectivity index (χ4n) is 2.12. The quantitative estimate of drug-likeness (QED) is 0.809. The van der Waals surface area contributed by atoms with Crippen molar-refractivity contribution in [3.63, 3.8) is 0 Å². The molecule has 1 heterocycles. The molecule has 0 aliphatic heterocycles. The lowest BCUT2D eigenvalue weighted by atomic mass is 9.94. The third kappa shape index (κ3) is 4.84. The van der Waals surface area contributed by atoms with Crippen LogP contribution in [0.2, 0.25) is 0 Å². The molecule has 126 valence electrons. The Morgan fingerprint density at radius 2 is 1.83 bits per heavy atom. The Bertz CT molecular complexity index is 668. The molecular formula is C18H27N3O2. The molecule has 0 aliphatic rings. The van der Waals surface area contributed by atoms with Crippen molar-refractivity contribution in [3.8, 4) is 0 Å². The summed E-state index contributed by atoms with van der Waals surface area (Å²) in [6.45, 7) is 9.39. The smallest absolute Gasteiger partial charge is 0.240 e. The van der Waals surface area contributed by atoms with Crippen molar-refractivity contribution in [1.82, 2.24) is 10.3 Å². The van der Waals surface area contributed by atoms with Gasteiger partial charge in [0.05, 0.1) is 0 Å². The highest BCUT2D eigenvalue weighted by molar-refractivity contribution is 5.90. The van der Waals surface area contributed by atoms with Gasteiger partial charge in [0, 0.05) is 28.9 Å². The van der Waals surface area contributed by atoms with E-state index in [0.717, 1.165) is 16.5 Å². The number of hydrogen-bond donors (Lipinski definition) is 3. The van der Waals surface area contributed by atoms with Crippen LogP contribution in [0, 0.1) is 5.41 Å². The van der Waals surface area contributed by atoms with E-state index in [0.29, 0.717) is 6.42 Å². The van der Waals surface area contributed by atoms with E-state index in [9.17, 15) is 9.59 Å². The first-order valence-corrected chi connectivity index (χ1v) is 7.94. The molecular weight excluding hydrogens is 290 g/mol. The first-order chi connectivity index (χ1) is 10.8. The Morgan fingerprint density at radius 1 is 1.22 bits per heavy atom. The van der Waals surface area contributed by atoms with Gasteiger partial charge < -0.3 is 16.0 Å². The lowest BCUT2D eigenvalue weighted by molar-refractivity contribution is -0.132. The van der Waals surface area contributed by atoms with Crippen molar-refractivity contribution in [3.05, 3.63) is 36.0 Å². The summed E-state index contributed by atoms with van der Waals surface area (Å²) in [5, 5.41) is 3.77. The van der Waals surface area contributed by atoms with Gasteiger partial charge in [0.25, 0.3) is 0 Å². The first-order valence-electron chi connectivity index (χ1n) is 7.94. The number of benzene rings is 1. The number of aromatic amines is 1. The number of primary amides is 1. The van der Waals surface area contributed by atoms with Crippen molar-refractivity contribution in [2.75, 3.05) is 0 Å². The molecule has 5 heteroatoms. The minimum absolute atomic E-state index is 0.189. The van der Waals surface area contributed by atoms with Crippen LogP contribution in [0.3, 0.4) is 0 Å². The van der Waals surface area contributed by atoms with E-state index >= 15 is 0 Å². The molecule has 0 fully saturated rings. The van der Waals surface area contributed by atoms with E-state index in [-0.39, 0.29) is 5.91 Å². The van der Waals surface area contributed by atoms with E-state index in [1.54, 1.807) is 20.8 Å². The standard InChI is InChI=1S/C16H21N3O2.C2H6/c1-16(2,3)15(21)19-13(14(17)20)8-10-9-18-12-7-5-4-6-11(10)12;1-2/h4-7,9,13,18H,8H2,1-3H3,(H2,17,20)(H,19,21);1-2H3/t13-;/m1./s1. The van der Waals surface area contributed by atoms with Gasteiger partial charge in [-0.25, -0.2) is 0 Å². The molecule has 1 aromatic carbocycles. The molecule has 2 rings (SSSR count). The van der Waals surface area contributed by atoms with Crippen LogP contribution in [-0.4, -0.2) is 22.8 Å². The summed E-state index contributed by atoms with van der Waals surface area (Å²) >= 11 is 0. The zero-order valence-corrected chi connectivity index (χ0v) is 14.6. The topological polar surface area (TPSA) is 88.0 Å². The van der Waals surface area contributed by atoms with E-state index < -0.39 is 17.4 Å². The molecule has 23 heavy (non-hydrogen) atoms. The number of nitrogens with two attached hydrogens (primary N) is 1. The number of para-hydroxylation sites is 1. The second kappa shape index (κ2) is 7.81. The predicted octanol–water partition coefficient (Wildman–Crippen LogP) is 2.75. The molecule has 0 saturated carbocycles. The van der Waals surface area contributed by atoms with Crippen molar-refractivity contribution >= 4 is 22.7 Å². The maximum Gasteiger partial charge on any atom is 0.240 e. The number of carbonyl (C=O) groups is 2. The fraction of sp³-hybridized carbons (Fsp3) is 0.444. The summed E-state index contributed by atoms with van der Waals surface area (Å²) in [5.74, 6) is -0.718. The molecule has 1 atom stereocenters. The zero-order valence-electron chi connectivity index (χ0n) is 14.6. The van der Waals surface area contributed by atoms with E-state index in [1.807, 2.05) is 44.3 Å². The summed E-state index contributed by atoms with van der Waals surface area (Å²) in [5.41, 5.74) is 6.82. The molecule has 0 bridgehead atoms. The Morgan fingerprint density at radius 3 is 2.39 bits per heavy atom.